The number of hydrogen-bond acceptors (Lipinski definition) is 3. The van der Waals surface area contributed by atoms with Crippen molar-refractivity contribution in [3.8, 4) is 0 Å². The molecule has 0 fully saturated rings. The minimum absolute atomic E-state index is 0. The van der Waals surface area contributed by atoms with Gasteiger partial charge in [0.15, 0.2) is 0 Å². The van der Waals surface area contributed by atoms with Crippen LogP contribution in [0.5, 0.6) is 0 Å². The first kappa shape index (κ1) is 11.4. The Morgan fingerprint density at radius 2 is 2.11 bits per heavy atom. The van der Waals surface area contributed by atoms with Crippen molar-refractivity contribution in [1.29, 1.82) is 5.41 Å². The second-order valence-electron chi connectivity index (χ2n) is 1.80. The quantitative estimate of drug-likeness (QED) is 0.591. The van der Waals surface area contributed by atoms with Crippen LogP contribution < -0.4 is 0 Å². The topological polar surface area (TPSA) is 39.5 Å². The SMILES string of the molecule is CN(C)CCN=C=N.Cl. The highest BCUT2D eigenvalue weighted by atomic mass is 35.5. The monoisotopic (exact) mass is 149 g/mol. The average molecular weight is 150 g/mol. The summed E-state index contributed by atoms with van der Waals surface area (Å²) in [5.74, 6) is 0. The van der Waals surface area contributed by atoms with Crippen molar-refractivity contribution in [3.05, 3.63) is 0 Å². The van der Waals surface area contributed by atoms with E-state index in [0.717, 1.165) is 6.54 Å². The Morgan fingerprint density at radius 3 is 2.44 bits per heavy atom. The number of hydrogen-bond donors (Lipinski definition) is 1. The molecule has 3 nitrogen and oxygen atoms in total. The maximum Gasteiger partial charge on any atom is 0.0862 e. The zero-order chi connectivity index (χ0) is 6.41. The fourth-order valence-electron chi connectivity index (χ4n) is 0.306. The van der Waals surface area contributed by atoms with E-state index in [9.17, 15) is 0 Å². The molecular weight excluding hydrogens is 138 g/mol. The first-order valence-electron chi connectivity index (χ1n) is 2.50. The van der Waals surface area contributed by atoms with Crippen LogP contribution in [-0.2, 0) is 0 Å². The molecule has 9 heavy (non-hydrogen) atoms. The van der Waals surface area contributed by atoms with E-state index in [4.69, 9.17) is 5.41 Å². The molecule has 0 radical (unpaired) electrons. The summed E-state index contributed by atoms with van der Waals surface area (Å²) in [5, 5.41) is 6.41. The van der Waals surface area contributed by atoms with E-state index in [-0.39, 0.29) is 12.4 Å². The molecule has 54 valence electrons. The van der Waals surface area contributed by atoms with E-state index in [1.54, 1.807) is 0 Å². The van der Waals surface area contributed by atoms with E-state index in [2.05, 4.69) is 4.99 Å². The van der Waals surface area contributed by atoms with Gasteiger partial charge in [0.2, 0.25) is 0 Å². The van der Waals surface area contributed by atoms with Gasteiger partial charge in [0.05, 0.1) is 12.6 Å². The van der Waals surface area contributed by atoms with Crippen molar-refractivity contribution < 1.29 is 0 Å². The smallest absolute Gasteiger partial charge is 0.0862 e. The van der Waals surface area contributed by atoms with Gasteiger partial charge in [0, 0.05) is 6.54 Å². The summed E-state index contributed by atoms with van der Waals surface area (Å²) < 4.78 is 0. The minimum Gasteiger partial charge on any atom is -0.308 e. The summed E-state index contributed by atoms with van der Waals surface area (Å²) in [4.78, 5) is 5.60. The van der Waals surface area contributed by atoms with Crippen LogP contribution in [0.3, 0.4) is 0 Å². The molecule has 0 bridgehead atoms. The second-order valence-corrected chi connectivity index (χ2v) is 1.80. The Labute approximate surface area is 61.7 Å². The Balaban J connectivity index is 0. The number of aliphatic imine (C=N–C) groups is 1. The first-order chi connectivity index (χ1) is 3.77. The number of nitrogens with zero attached hydrogens (tertiary/aromatic N) is 2. The third-order valence-corrected chi connectivity index (χ3v) is 0.738. The minimum atomic E-state index is 0. The molecule has 0 aromatic heterocycles. The van der Waals surface area contributed by atoms with Crippen molar-refractivity contribution in [3.63, 3.8) is 0 Å². The molecule has 0 amide bonds. The van der Waals surface area contributed by atoms with Crippen LogP contribution >= 0.6 is 12.4 Å². The highest BCUT2D eigenvalue weighted by molar-refractivity contribution is 5.85. The largest absolute Gasteiger partial charge is 0.308 e. The lowest BCUT2D eigenvalue weighted by molar-refractivity contribution is 0.421. The normalized spacial score (nSPS) is 7.89. The Bertz CT molecular complexity index is 96.4. The highest BCUT2D eigenvalue weighted by Gasteiger charge is 1.83. The predicted molar refractivity (Wildman–Crippen MR) is 40.8 cm³/mol. The summed E-state index contributed by atoms with van der Waals surface area (Å²) in [7, 11) is 3.94. The fraction of sp³-hybridized carbons (Fsp3) is 0.800. The van der Waals surface area contributed by atoms with E-state index in [1.807, 2.05) is 25.0 Å². The molecule has 0 saturated carbocycles. The molecule has 0 aromatic rings. The molecule has 0 unspecified atom stereocenters. The molecule has 0 atom stereocenters. The molecule has 0 aliphatic heterocycles. The van der Waals surface area contributed by atoms with Gasteiger partial charge in [-0.2, -0.15) is 0 Å². The Kier molecular flexibility index (Phi) is 9.69. The third-order valence-electron chi connectivity index (χ3n) is 0.738. The summed E-state index contributed by atoms with van der Waals surface area (Å²) in [6.45, 7) is 1.57. The van der Waals surface area contributed by atoms with Gasteiger partial charge >= 0.3 is 0 Å². The van der Waals surface area contributed by atoms with Gasteiger partial charge in [0.25, 0.3) is 0 Å². The van der Waals surface area contributed by atoms with Crippen LogP contribution in [-0.4, -0.2) is 38.1 Å². The van der Waals surface area contributed by atoms with Crippen molar-refractivity contribution in [2.75, 3.05) is 27.2 Å². The van der Waals surface area contributed by atoms with Gasteiger partial charge in [-0.15, -0.1) is 12.4 Å². The molecule has 4 heteroatoms. The number of halogens is 1. The van der Waals surface area contributed by atoms with Crippen molar-refractivity contribution in [2.24, 2.45) is 4.99 Å². The summed E-state index contributed by atoms with van der Waals surface area (Å²) >= 11 is 0. The number of nitrogens with one attached hydrogen (secondary N) is 1. The Morgan fingerprint density at radius 1 is 1.56 bits per heavy atom. The van der Waals surface area contributed by atoms with Crippen molar-refractivity contribution in [2.45, 2.75) is 0 Å². The molecular formula is C5H12ClN3. The standard InChI is InChI=1S/C5H11N3.ClH/c1-8(2)4-3-7-5-6;/h6H,3-4H2,1-2H3;1H. The van der Waals surface area contributed by atoms with Gasteiger partial charge in [0.1, 0.15) is 0 Å². The molecule has 0 aliphatic carbocycles. The maximum absolute atomic E-state index is 6.41. The average Bonchev–Trinajstić information content (AvgIpc) is 1.66. The number of rotatable bonds is 3. The van der Waals surface area contributed by atoms with Gasteiger partial charge in [-0.05, 0) is 14.1 Å². The Hall–Kier alpha value is -0.370. The summed E-state index contributed by atoms with van der Waals surface area (Å²) in [6.07, 6.45) is 0. The first-order valence-corrected chi connectivity index (χ1v) is 2.50. The number of likely N-dealkylation sites (N-methyl/N-ethyl adjacent to an activating group) is 1. The lowest BCUT2D eigenvalue weighted by atomic mass is 10.6. The van der Waals surface area contributed by atoms with Crippen LogP contribution in [0.2, 0.25) is 0 Å². The van der Waals surface area contributed by atoms with E-state index in [0.29, 0.717) is 6.54 Å². The molecule has 0 aromatic carbocycles. The van der Waals surface area contributed by atoms with Crippen LogP contribution in [0, 0.1) is 5.41 Å². The molecule has 0 rings (SSSR count). The highest BCUT2D eigenvalue weighted by Crippen LogP contribution is 1.72. The summed E-state index contributed by atoms with van der Waals surface area (Å²) in [5.41, 5.74) is 0. The van der Waals surface area contributed by atoms with Crippen LogP contribution in [0.4, 0.5) is 0 Å². The molecule has 0 spiro atoms. The maximum atomic E-state index is 6.41. The predicted octanol–water partition coefficient (Wildman–Crippen LogP) is 0.722. The molecule has 0 heterocycles. The second kappa shape index (κ2) is 7.63. The van der Waals surface area contributed by atoms with Crippen molar-refractivity contribution in [1.82, 2.24) is 4.90 Å². The lowest BCUT2D eigenvalue weighted by Crippen LogP contribution is -2.15. The van der Waals surface area contributed by atoms with Gasteiger partial charge in [-0.3, -0.25) is 0 Å². The van der Waals surface area contributed by atoms with Crippen molar-refractivity contribution >= 4 is 18.4 Å². The molecule has 1 N–H and O–H groups in total. The molecule has 0 aliphatic rings. The van der Waals surface area contributed by atoms with E-state index in [1.165, 1.54) is 0 Å². The zero-order valence-corrected chi connectivity index (χ0v) is 6.53. The van der Waals surface area contributed by atoms with Gasteiger partial charge < -0.3 is 4.90 Å². The third kappa shape index (κ3) is 11.3. The lowest BCUT2D eigenvalue weighted by Gasteiger charge is -2.03. The van der Waals surface area contributed by atoms with E-state index >= 15 is 0 Å². The zero-order valence-electron chi connectivity index (χ0n) is 5.72. The van der Waals surface area contributed by atoms with E-state index < -0.39 is 0 Å². The van der Waals surface area contributed by atoms with Crippen LogP contribution in [0.25, 0.3) is 0 Å². The molecule has 0 saturated heterocycles. The van der Waals surface area contributed by atoms with Crippen LogP contribution in [0.15, 0.2) is 4.99 Å². The van der Waals surface area contributed by atoms with Gasteiger partial charge in [-0.25, -0.2) is 10.4 Å². The summed E-state index contributed by atoms with van der Waals surface area (Å²) in [6, 6.07) is 1.97. The van der Waals surface area contributed by atoms with Crippen LogP contribution in [0.1, 0.15) is 0 Å². The van der Waals surface area contributed by atoms with Gasteiger partial charge in [-0.1, -0.05) is 0 Å². The fourth-order valence-corrected chi connectivity index (χ4v) is 0.306.